The van der Waals surface area contributed by atoms with E-state index < -0.39 is 35.3 Å². The minimum atomic E-state index is -0.911. The molecular weight excluding hydrogens is 451 g/mol. The smallest absolute Gasteiger partial charge is 0.267 e. The van der Waals surface area contributed by atoms with Crippen molar-refractivity contribution in [2.24, 2.45) is 11.7 Å². The molecule has 0 saturated heterocycles. The largest absolute Gasteiger partial charge is 0.374 e. The van der Waals surface area contributed by atoms with Gasteiger partial charge in [-0.1, -0.05) is 36.6 Å². The summed E-state index contributed by atoms with van der Waals surface area (Å²) in [5.41, 5.74) is 5.49. The molecule has 2 aromatic rings. The van der Waals surface area contributed by atoms with E-state index in [9.17, 15) is 18.8 Å². The average Bonchev–Trinajstić information content (AvgIpc) is 3.61. The quantitative estimate of drug-likeness (QED) is 0.314. The minimum absolute atomic E-state index is 0.0326. The average molecular weight is 475 g/mol. The van der Waals surface area contributed by atoms with Gasteiger partial charge in [0.15, 0.2) is 0 Å². The number of aromatic nitrogens is 1. The third kappa shape index (κ3) is 6.72. The number of nitrogens with zero attached hydrogens (tertiary/aromatic N) is 1. The van der Waals surface area contributed by atoms with Gasteiger partial charge in [0, 0.05) is 23.9 Å². The molecule has 0 radical (unpaired) electrons. The van der Waals surface area contributed by atoms with E-state index >= 15 is 0 Å². The Bertz CT molecular complexity index is 1080. The molecule has 174 valence electrons. The lowest BCUT2D eigenvalue weighted by atomic mass is 10.1. The summed E-state index contributed by atoms with van der Waals surface area (Å²) >= 11 is 5.78. The van der Waals surface area contributed by atoms with E-state index in [1.165, 1.54) is 30.6 Å². The predicted molar refractivity (Wildman–Crippen MR) is 121 cm³/mol. The number of pyridine rings is 1. The monoisotopic (exact) mass is 474 g/mol. The standard InChI is InChI=1S/C22H24ClFN6O3/c23-15-3-1-2-13(19(15)24)9-29-22(33)16(8-12-4-5-12)30-18(31)11-28-17-10-27-7-6-14(17)20(25)21(26)32/h1-3,6-7,10,12,16,25,28H,4-5,8-9,11H2,(H2,26,32)(H,29,33)(H,30,31). The molecule has 6 N–H and O–H groups in total. The summed E-state index contributed by atoms with van der Waals surface area (Å²) in [5.74, 6) is -2.05. The zero-order chi connectivity index (χ0) is 24.0. The molecule has 1 heterocycles. The molecule has 1 saturated carbocycles. The SMILES string of the molecule is N=C(C(N)=O)c1ccncc1NCC(=O)NC(CC1CC1)C(=O)NCc1cccc(Cl)c1F. The van der Waals surface area contributed by atoms with Gasteiger partial charge in [-0.15, -0.1) is 0 Å². The van der Waals surface area contributed by atoms with Crippen molar-refractivity contribution < 1.29 is 18.8 Å². The van der Waals surface area contributed by atoms with E-state index in [0.29, 0.717) is 12.3 Å². The number of carbonyl (C=O) groups excluding carboxylic acids is 3. The summed E-state index contributed by atoms with van der Waals surface area (Å²) in [6.07, 6.45) is 5.20. The van der Waals surface area contributed by atoms with Crippen molar-refractivity contribution in [1.29, 1.82) is 5.41 Å². The number of hydrogen-bond donors (Lipinski definition) is 5. The predicted octanol–water partition coefficient (Wildman–Crippen LogP) is 1.74. The number of primary amides is 1. The second kappa shape index (κ2) is 10.9. The number of benzene rings is 1. The van der Waals surface area contributed by atoms with Gasteiger partial charge in [0.2, 0.25) is 11.8 Å². The fourth-order valence-corrected chi connectivity index (χ4v) is 3.41. The number of nitrogens with two attached hydrogens (primary N) is 1. The van der Waals surface area contributed by atoms with Crippen molar-refractivity contribution in [3.63, 3.8) is 0 Å². The van der Waals surface area contributed by atoms with Crippen molar-refractivity contribution in [2.45, 2.75) is 31.8 Å². The van der Waals surface area contributed by atoms with E-state index in [1.807, 2.05) is 0 Å². The molecule has 0 bridgehead atoms. The third-order valence-corrected chi connectivity index (χ3v) is 5.47. The second-order valence-electron chi connectivity index (χ2n) is 7.74. The molecule has 1 aromatic carbocycles. The highest BCUT2D eigenvalue weighted by atomic mass is 35.5. The van der Waals surface area contributed by atoms with E-state index in [-0.39, 0.29) is 34.9 Å². The van der Waals surface area contributed by atoms with Crippen LogP contribution in [0.1, 0.15) is 30.4 Å². The van der Waals surface area contributed by atoms with Gasteiger partial charge in [-0.25, -0.2) is 4.39 Å². The highest BCUT2D eigenvalue weighted by Gasteiger charge is 2.30. The van der Waals surface area contributed by atoms with Gasteiger partial charge in [0.1, 0.15) is 17.6 Å². The van der Waals surface area contributed by atoms with Crippen LogP contribution < -0.4 is 21.7 Å². The fourth-order valence-electron chi connectivity index (χ4n) is 3.22. The van der Waals surface area contributed by atoms with Crippen LogP contribution in [-0.4, -0.2) is 41.0 Å². The van der Waals surface area contributed by atoms with Crippen molar-refractivity contribution in [3.8, 4) is 0 Å². The summed E-state index contributed by atoms with van der Waals surface area (Å²) < 4.78 is 14.1. The van der Waals surface area contributed by atoms with Crippen LogP contribution in [-0.2, 0) is 20.9 Å². The van der Waals surface area contributed by atoms with Crippen LogP contribution in [0.2, 0.25) is 5.02 Å². The van der Waals surface area contributed by atoms with Crippen LogP contribution in [0.4, 0.5) is 10.1 Å². The molecule has 1 aliphatic rings. The van der Waals surface area contributed by atoms with Gasteiger partial charge in [-0.2, -0.15) is 0 Å². The fraction of sp³-hybridized carbons (Fsp3) is 0.318. The summed E-state index contributed by atoms with van der Waals surface area (Å²) in [6, 6.07) is 5.18. The molecule has 11 heteroatoms. The highest BCUT2D eigenvalue weighted by Crippen LogP contribution is 2.33. The maximum absolute atomic E-state index is 14.1. The van der Waals surface area contributed by atoms with E-state index in [4.69, 9.17) is 22.7 Å². The van der Waals surface area contributed by atoms with Gasteiger partial charge in [-0.05, 0) is 24.5 Å². The van der Waals surface area contributed by atoms with Gasteiger partial charge in [0.25, 0.3) is 5.91 Å². The first-order valence-corrected chi connectivity index (χ1v) is 10.7. The maximum atomic E-state index is 14.1. The molecule has 1 unspecified atom stereocenters. The molecule has 1 fully saturated rings. The summed E-state index contributed by atoms with van der Waals surface area (Å²) in [7, 11) is 0. The molecule has 3 rings (SSSR count). The molecule has 0 spiro atoms. The lowest BCUT2D eigenvalue weighted by Crippen LogP contribution is -2.48. The van der Waals surface area contributed by atoms with Gasteiger partial charge in [-0.3, -0.25) is 24.8 Å². The maximum Gasteiger partial charge on any atom is 0.267 e. The molecular formula is C22H24ClFN6O3. The summed E-state index contributed by atoms with van der Waals surface area (Å²) in [6.45, 7) is -0.281. The normalized spacial score (nSPS) is 13.6. The number of amides is 3. The zero-order valence-corrected chi connectivity index (χ0v) is 18.4. The number of anilines is 1. The van der Waals surface area contributed by atoms with Gasteiger partial charge < -0.3 is 21.7 Å². The van der Waals surface area contributed by atoms with Crippen molar-refractivity contribution in [1.82, 2.24) is 15.6 Å². The first kappa shape index (κ1) is 24.1. The van der Waals surface area contributed by atoms with Crippen LogP contribution >= 0.6 is 11.6 Å². The Balaban J connectivity index is 1.59. The molecule has 0 aliphatic heterocycles. The third-order valence-electron chi connectivity index (χ3n) is 5.18. The first-order valence-electron chi connectivity index (χ1n) is 10.3. The molecule has 1 atom stereocenters. The van der Waals surface area contributed by atoms with Gasteiger partial charge in [0.05, 0.1) is 23.5 Å². The Labute approximate surface area is 194 Å². The Hall–Kier alpha value is -3.53. The van der Waals surface area contributed by atoms with E-state index in [2.05, 4.69) is 20.9 Å². The van der Waals surface area contributed by atoms with E-state index in [1.54, 1.807) is 6.07 Å². The van der Waals surface area contributed by atoms with Gasteiger partial charge >= 0.3 is 0 Å². The Morgan fingerprint density at radius 3 is 2.73 bits per heavy atom. The number of halogens is 2. The molecule has 33 heavy (non-hydrogen) atoms. The number of nitrogens with one attached hydrogen (secondary N) is 4. The molecule has 9 nitrogen and oxygen atoms in total. The zero-order valence-electron chi connectivity index (χ0n) is 17.7. The molecule has 1 aliphatic carbocycles. The number of rotatable bonds is 11. The summed E-state index contributed by atoms with van der Waals surface area (Å²) in [5, 5.41) is 15.9. The molecule has 1 aromatic heterocycles. The highest BCUT2D eigenvalue weighted by molar-refractivity contribution is 6.44. The van der Waals surface area contributed by atoms with Crippen molar-refractivity contribution in [3.05, 3.63) is 58.6 Å². The van der Waals surface area contributed by atoms with Crippen LogP contribution in [0.15, 0.2) is 36.7 Å². The number of carbonyl (C=O) groups is 3. The first-order chi connectivity index (χ1) is 15.8. The van der Waals surface area contributed by atoms with Crippen LogP contribution in [0.25, 0.3) is 0 Å². The summed E-state index contributed by atoms with van der Waals surface area (Å²) in [4.78, 5) is 40.5. The number of hydrogen-bond acceptors (Lipinski definition) is 6. The Kier molecular flexibility index (Phi) is 7.94. The topological polar surface area (TPSA) is 150 Å². The van der Waals surface area contributed by atoms with Crippen LogP contribution in [0.5, 0.6) is 0 Å². The molecule has 3 amide bonds. The minimum Gasteiger partial charge on any atom is -0.374 e. The lowest BCUT2D eigenvalue weighted by molar-refractivity contribution is -0.128. The van der Waals surface area contributed by atoms with Crippen molar-refractivity contribution in [2.75, 3.05) is 11.9 Å². The van der Waals surface area contributed by atoms with Crippen molar-refractivity contribution >= 4 is 40.7 Å². The Morgan fingerprint density at radius 1 is 1.27 bits per heavy atom. The van der Waals surface area contributed by atoms with Crippen LogP contribution in [0.3, 0.4) is 0 Å². The lowest BCUT2D eigenvalue weighted by Gasteiger charge is -2.19. The van der Waals surface area contributed by atoms with Crippen LogP contribution in [0, 0.1) is 17.1 Å². The second-order valence-corrected chi connectivity index (χ2v) is 8.15. The van der Waals surface area contributed by atoms with E-state index in [0.717, 1.165) is 12.8 Å². The Morgan fingerprint density at radius 2 is 2.03 bits per heavy atom.